The van der Waals surface area contributed by atoms with Gasteiger partial charge in [0.05, 0.1) is 6.61 Å². The fourth-order valence-electron chi connectivity index (χ4n) is 2.71. The number of ether oxygens (including phenoxy) is 1. The van der Waals surface area contributed by atoms with E-state index in [-0.39, 0.29) is 29.4 Å². The summed E-state index contributed by atoms with van der Waals surface area (Å²) in [6.45, 7) is 2.39. The topological polar surface area (TPSA) is 45.7 Å². The summed E-state index contributed by atoms with van der Waals surface area (Å²) in [7, 11) is 3.51. The van der Waals surface area contributed by atoms with E-state index in [0.29, 0.717) is 6.61 Å². The van der Waals surface area contributed by atoms with Crippen molar-refractivity contribution in [1.82, 2.24) is 10.6 Å². The number of nitrogens with one attached hydrogen (secondary N) is 2. The molecule has 0 amide bonds. The molecule has 1 aromatic rings. The highest BCUT2D eigenvalue weighted by Gasteiger charge is 2.38. The largest absolute Gasteiger partial charge is 0.383 e. The number of nitrogens with zero attached hydrogens (tertiary/aromatic N) is 1. The predicted molar refractivity (Wildman–Crippen MR) is 98.6 cm³/mol. The molecular weight excluding hydrogens is 377 g/mol. The fraction of sp³-hybridized carbons (Fsp3) is 0.562. The lowest BCUT2D eigenvalue weighted by molar-refractivity contribution is 0.203. The Bertz CT molecular complexity index is 432. The Balaban J connectivity index is 0.00000220. The zero-order valence-corrected chi connectivity index (χ0v) is 15.2. The van der Waals surface area contributed by atoms with E-state index < -0.39 is 0 Å². The van der Waals surface area contributed by atoms with E-state index in [4.69, 9.17) is 4.74 Å². The average Bonchev–Trinajstić information content (AvgIpc) is 2.45. The minimum atomic E-state index is 0. The van der Waals surface area contributed by atoms with Crippen LogP contribution < -0.4 is 10.6 Å². The van der Waals surface area contributed by atoms with Gasteiger partial charge in [0.1, 0.15) is 0 Å². The zero-order chi connectivity index (χ0) is 14.3. The van der Waals surface area contributed by atoms with Crippen LogP contribution in [0.5, 0.6) is 0 Å². The molecule has 0 aliphatic heterocycles. The van der Waals surface area contributed by atoms with Gasteiger partial charge in [-0.3, -0.25) is 4.99 Å². The number of guanidine groups is 1. The molecule has 0 radical (unpaired) electrons. The van der Waals surface area contributed by atoms with Crippen molar-refractivity contribution < 1.29 is 4.74 Å². The van der Waals surface area contributed by atoms with Crippen LogP contribution in [-0.2, 0) is 10.2 Å². The maximum Gasteiger partial charge on any atom is 0.191 e. The second-order valence-electron chi connectivity index (χ2n) is 5.35. The molecule has 5 heteroatoms. The van der Waals surface area contributed by atoms with Crippen molar-refractivity contribution in [3.8, 4) is 0 Å². The third kappa shape index (κ3) is 4.85. The summed E-state index contributed by atoms with van der Waals surface area (Å²) >= 11 is 0. The van der Waals surface area contributed by atoms with Gasteiger partial charge < -0.3 is 15.4 Å². The van der Waals surface area contributed by atoms with Crippen LogP contribution in [0, 0.1) is 0 Å². The van der Waals surface area contributed by atoms with Gasteiger partial charge in [-0.2, -0.15) is 0 Å². The highest BCUT2D eigenvalue weighted by atomic mass is 127. The first kappa shape index (κ1) is 18.2. The summed E-state index contributed by atoms with van der Waals surface area (Å²) in [6, 6.07) is 10.8. The van der Waals surface area contributed by atoms with Crippen molar-refractivity contribution in [1.29, 1.82) is 0 Å². The van der Waals surface area contributed by atoms with E-state index in [1.54, 1.807) is 14.2 Å². The molecule has 1 aromatic carbocycles. The van der Waals surface area contributed by atoms with Gasteiger partial charge in [-0.15, -0.1) is 24.0 Å². The van der Waals surface area contributed by atoms with Crippen molar-refractivity contribution in [3.63, 3.8) is 0 Å². The van der Waals surface area contributed by atoms with Crippen LogP contribution in [0.25, 0.3) is 0 Å². The molecule has 1 fully saturated rings. The van der Waals surface area contributed by atoms with Gasteiger partial charge >= 0.3 is 0 Å². The quantitative estimate of drug-likeness (QED) is 0.332. The first-order chi connectivity index (χ1) is 9.80. The molecule has 2 N–H and O–H groups in total. The van der Waals surface area contributed by atoms with Crippen LogP contribution in [0.1, 0.15) is 24.8 Å². The van der Waals surface area contributed by atoms with Crippen LogP contribution >= 0.6 is 24.0 Å². The van der Waals surface area contributed by atoms with E-state index in [1.807, 2.05) is 0 Å². The molecule has 0 saturated heterocycles. The van der Waals surface area contributed by atoms with E-state index in [9.17, 15) is 0 Å². The lowest BCUT2D eigenvalue weighted by Gasteiger charge is -2.43. The minimum Gasteiger partial charge on any atom is -0.383 e. The number of benzene rings is 1. The maximum absolute atomic E-state index is 5.04. The molecule has 4 nitrogen and oxygen atoms in total. The second-order valence-corrected chi connectivity index (χ2v) is 5.35. The second kappa shape index (κ2) is 9.25. The molecule has 0 bridgehead atoms. The van der Waals surface area contributed by atoms with E-state index in [0.717, 1.165) is 19.0 Å². The van der Waals surface area contributed by atoms with Gasteiger partial charge in [0.2, 0.25) is 0 Å². The van der Waals surface area contributed by atoms with Crippen molar-refractivity contribution in [2.24, 2.45) is 4.99 Å². The number of methoxy groups -OCH3 is 1. The SMILES string of the molecule is CN=C(NCCOC)NCC1(c2ccccc2)CCC1.I. The molecule has 1 saturated carbocycles. The van der Waals surface area contributed by atoms with Gasteiger partial charge in [-0.1, -0.05) is 36.8 Å². The predicted octanol–water partition coefficient (Wildman–Crippen LogP) is 2.54. The molecule has 21 heavy (non-hydrogen) atoms. The van der Waals surface area contributed by atoms with Crippen LogP contribution in [0.4, 0.5) is 0 Å². The molecule has 0 unspecified atom stereocenters. The Kier molecular flexibility index (Phi) is 8.03. The minimum absolute atomic E-state index is 0. The van der Waals surface area contributed by atoms with Crippen LogP contribution in [-0.4, -0.2) is 39.8 Å². The first-order valence-corrected chi connectivity index (χ1v) is 7.30. The average molecular weight is 403 g/mol. The van der Waals surface area contributed by atoms with Gasteiger partial charge in [0.15, 0.2) is 5.96 Å². The maximum atomic E-state index is 5.04. The lowest BCUT2D eigenvalue weighted by Crippen LogP contribution is -2.49. The summed E-state index contributed by atoms with van der Waals surface area (Å²) in [5.74, 6) is 0.851. The van der Waals surface area contributed by atoms with E-state index in [1.165, 1.54) is 24.8 Å². The zero-order valence-electron chi connectivity index (χ0n) is 12.9. The molecule has 118 valence electrons. The lowest BCUT2D eigenvalue weighted by atomic mass is 9.64. The molecule has 0 aromatic heterocycles. The Hall–Kier alpha value is -0.820. The van der Waals surface area contributed by atoms with Gasteiger partial charge in [-0.05, 0) is 18.4 Å². The monoisotopic (exact) mass is 403 g/mol. The van der Waals surface area contributed by atoms with Gasteiger partial charge in [0.25, 0.3) is 0 Å². The Morgan fingerprint density at radius 1 is 1.24 bits per heavy atom. The van der Waals surface area contributed by atoms with E-state index in [2.05, 4.69) is 46.0 Å². The first-order valence-electron chi connectivity index (χ1n) is 7.30. The Morgan fingerprint density at radius 3 is 2.48 bits per heavy atom. The fourth-order valence-corrected chi connectivity index (χ4v) is 2.71. The smallest absolute Gasteiger partial charge is 0.191 e. The normalized spacial score (nSPS) is 16.6. The van der Waals surface area contributed by atoms with Crippen LogP contribution in [0.15, 0.2) is 35.3 Å². The molecular formula is C16H26IN3O. The van der Waals surface area contributed by atoms with Crippen LogP contribution in [0.2, 0.25) is 0 Å². The highest BCUT2D eigenvalue weighted by Crippen LogP contribution is 2.43. The molecule has 0 atom stereocenters. The summed E-state index contributed by atoms with van der Waals surface area (Å²) in [4.78, 5) is 4.25. The number of aliphatic imine (C=N–C) groups is 1. The van der Waals surface area contributed by atoms with Gasteiger partial charge in [0, 0.05) is 32.7 Å². The third-order valence-corrected chi connectivity index (χ3v) is 4.11. The van der Waals surface area contributed by atoms with Crippen molar-refractivity contribution >= 4 is 29.9 Å². The highest BCUT2D eigenvalue weighted by molar-refractivity contribution is 14.0. The molecule has 0 spiro atoms. The number of halogens is 1. The van der Waals surface area contributed by atoms with Crippen molar-refractivity contribution in [2.45, 2.75) is 24.7 Å². The summed E-state index contributed by atoms with van der Waals surface area (Å²) in [5, 5.41) is 6.71. The number of rotatable bonds is 6. The number of hydrogen-bond donors (Lipinski definition) is 2. The molecule has 1 aliphatic carbocycles. The Labute approximate surface area is 144 Å². The van der Waals surface area contributed by atoms with E-state index >= 15 is 0 Å². The van der Waals surface area contributed by atoms with Gasteiger partial charge in [-0.25, -0.2) is 0 Å². The van der Waals surface area contributed by atoms with Crippen LogP contribution in [0.3, 0.4) is 0 Å². The summed E-state index contributed by atoms with van der Waals surface area (Å²) in [6.07, 6.45) is 3.81. The third-order valence-electron chi connectivity index (χ3n) is 4.11. The number of hydrogen-bond acceptors (Lipinski definition) is 2. The van der Waals surface area contributed by atoms with Crippen molar-refractivity contribution in [2.75, 3.05) is 33.9 Å². The molecule has 2 rings (SSSR count). The molecule has 0 heterocycles. The standard InChI is InChI=1S/C16H25N3O.HI/c1-17-15(18-11-12-20-2)19-13-16(9-6-10-16)14-7-4-3-5-8-14;/h3-5,7-8H,6,9-13H2,1-2H3,(H2,17,18,19);1H. The summed E-state index contributed by atoms with van der Waals surface area (Å²) in [5.41, 5.74) is 1.71. The Morgan fingerprint density at radius 2 is 1.95 bits per heavy atom. The van der Waals surface area contributed by atoms with Crippen molar-refractivity contribution in [3.05, 3.63) is 35.9 Å². The molecule has 1 aliphatic rings. The summed E-state index contributed by atoms with van der Waals surface area (Å²) < 4.78 is 5.04.